The van der Waals surface area contributed by atoms with Crippen molar-refractivity contribution in [3.8, 4) is 0 Å². The van der Waals surface area contributed by atoms with Crippen molar-refractivity contribution in [1.29, 1.82) is 0 Å². The molecule has 1 atom stereocenters. The number of carbonyl (C=O) groups is 1. The van der Waals surface area contributed by atoms with E-state index in [0.29, 0.717) is 0 Å². The van der Waals surface area contributed by atoms with Crippen molar-refractivity contribution in [2.24, 2.45) is 0 Å². The summed E-state index contributed by atoms with van der Waals surface area (Å²) in [5.74, 6) is -1.78. The second kappa shape index (κ2) is 10.2. The fourth-order valence-corrected chi connectivity index (χ4v) is 12.5. The topological polar surface area (TPSA) is 54.0 Å². The molecule has 0 bridgehead atoms. The summed E-state index contributed by atoms with van der Waals surface area (Å²) < 4.78 is 62.0. The first-order chi connectivity index (χ1) is 12.2. The van der Waals surface area contributed by atoms with Crippen molar-refractivity contribution in [2.45, 2.75) is 83.9 Å². The quantitative estimate of drug-likeness (QED) is 0.180. The van der Waals surface area contributed by atoms with Crippen molar-refractivity contribution in [2.75, 3.05) is 0 Å². The molecule has 0 radical (unpaired) electrons. The van der Waals surface area contributed by atoms with E-state index in [1.807, 2.05) is 39.3 Å². The van der Waals surface area contributed by atoms with Crippen LogP contribution in [0.2, 0.25) is 58.4 Å². The Morgan fingerprint density at radius 2 is 1.43 bits per heavy atom. The van der Waals surface area contributed by atoms with Crippen LogP contribution in [0.3, 0.4) is 0 Å². The first-order valence-corrected chi connectivity index (χ1v) is 20.7. The maximum absolute atomic E-state index is 12.7. The molecule has 0 rings (SSSR count). The highest BCUT2D eigenvalue weighted by Gasteiger charge is 2.43. The number of hydrogen-bond donors (Lipinski definition) is 0. The maximum Gasteiger partial charge on any atom is 0.388 e. The lowest BCUT2D eigenvalue weighted by Gasteiger charge is -2.37. The summed E-state index contributed by atoms with van der Waals surface area (Å²) in [7, 11) is -9.67. The van der Waals surface area contributed by atoms with Gasteiger partial charge in [-0.05, 0) is 65.3 Å². The number of ether oxygens (including phenoxy) is 1. The number of esters is 1. The van der Waals surface area contributed by atoms with Gasteiger partial charge in [0.05, 0.1) is 0 Å². The zero-order chi connectivity index (χ0) is 22.6. The molecule has 0 fully saturated rings. The molecule has 0 aliphatic rings. The van der Waals surface area contributed by atoms with Gasteiger partial charge in [-0.15, -0.1) is 0 Å². The van der Waals surface area contributed by atoms with Crippen LogP contribution in [0.5, 0.6) is 0 Å². The molecule has 0 spiro atoms. The Labute approximate surface area is 171 Å². The third-order valence-corrected chi connectivity index (χ3v) is 14.0. The molecule has 0 aromatic rings. The van der Waals surface area contributed by atoms with Gasteiger partial charge < -0.3 is 17.4 Å². The van der Waals surface area contributed by atoms with Gasteiger partial charge in [-0.3, -0.25) is 0 Å². The average Bonchev–Trinajstić information content (AvgIpc) is 2.39. The third kappa shape index (κ3) is 13.8. The van der Waals surface area contributed by atoms with Crippen LogP contribution in [0, 0.1) is 0 Å². The van der Waals surface area contributed by atoms with Crippen LogP contribution in [-0.2, 0) is 22.2 Å². The molecule has 0 N–H and O–H groups in total. The minimum Gasteiger partial charge on any atom is -0.435 e. The van der Waals surface area contributed by atoms with Crippen molar-refractivity contribution in [3.05, 3.63) is 12.2 Å². The molecule has 0 aliphatic carbocycles. The lowest BCUT2D eigenvalue weighted by atomic mass is 10.4. The van der Waals surface area contributed by atoms with Crippen molar-refractivity contribution < 1.29 is 35.4 Å². The summed E-state index contributed by atoms with van der Waals surface area (Å²) in [6, 6.07) is -0.140. The summed E-state index contributed by atoms with van der Waals surface area (Å²) in [5, 5.41) is 0. The van der Waals surface area contributed by atoms with Gasteiger partial charge in [-0.1, -0.05) is 6.58 Å². The Hall–Kier alpha value is -0.252. The molecular weight excluding hydrogens is 442 g/mol. The number of carbonyl (C=O) groups excluding carboxylic acids is 1. The van der Waals surface area contributed by atoms with Crippen LogP contribution in [0.15, 0.2) is 12.2 Å². The van der Waals surface area contributed by atoms with Crippen LogP contribution < -0.4 is 0 Å². The summed E-state index contributed by atoms with van der Waals surface area (Å²) in [5.41, 5.74) is 0.178. The van der Waals surface area contributed by atoms with E-state index in [1.54, 1.807) is 13.1 Å². The Morgan fingerprint density at radius 1 is 1.00 bits per heavy atom. The number of alkyl halides is 3. The van der Waals surface area contributed by atoms with Crippen LogP contribution >= 0.6 is 0 Å². The maximum atomic E-state index is 12.7. The molecule has 0 heterocycles. The van der Waals surface area contributed by atoms with Crippen LogP contribution in [0.25, 0.3) is 0 Å². The Kier molecular flexibility index (Phi) is 10.1. The lowest BCUT2D eigenvalue weighted by molar-refractivity contribution is -0.153. The molecule has 0 aromatic heterocycles. The lowest BCUT2D eigenvalue weighted by Crippen LogP contribution is -2.55. The van der Waals surface area contributed by atoms with E-state index in [0.717, 1.165) is 0 Å². The Balaban J connectivity index is 5.70. The molecule has 166 valence electrons. The van der Waals surface area contributed by atoms with E-state index in [1.165, 1.54) is 6.92 Å². The predicted molar refractivity (Wildman–Crippen MR) is 115 cm³/mol. The highest BCUT2D eigenvalue weighted by molar-refractivity contribution is 6.81. The summed E-state index contributed by atoms with van der Waals surface area (Å²) >= 11 is 0. The highest BCUT2D eigenvalue weighted by Crippen LogP contribution is 2.28. The van der Waals surface area contributed by atoms with Gasteiger partial charge >= 0.3 is 21.4 Å². The first-order valence-electron chi connectivity index (χ1n) is 9.17. The zero-order valence-corrected chi connectivity index (χ0v) is 22.6. The second-order valence-electron chi connectivity index (χ2n) is 9.38. The summed E-state index contributed by atoms with van der Waals surface area (Å²) in [6.07, 6.45) is -5.21. The van der Waals surface area contributed by atoms with E-state index in [2.05, 4.69) is 6.58 Å². The minimum atomic E-state index is -4.27. The third-order valence-electron chi connectivity index (χ3n) is 3.18. The van der Waals surface area contributed by atoms with Gasteiger partial charge in [0.15, 0.2) is 25.0 Å². The predicted octanol–water partition coefficient (Wildman–Crippen LogP) is 5.07. The molecular formula is C16H35F3O5Si4. The minimum absolute atomic E-state index is 0.140. The molecule has 28 heavy (non-hydrogen) atoms. The summed E-state index contributed by atoms with van der Waals surface area (Å²) in [4.78, 5) is 12.2. The first kappa shape index (κ1) is 27.7. The van der Waals surface area contributed by atoms with E-state index in [-0.39, 0.29) is 11.6 Å². The van der Waals surface area contributed by atoms with Crippen molar-refractivity contribution in [1.82, 2.24) is 0 Å². The van der Waals surface area contributed by atoms with Gasteiger partial charge in [0, 0.05) is 12.0 Å². The van der Waals surface area contributed by atoms with E-state index < -0.39 is 58.7 Å². The fourth-order valence-electron chi connectivity index (χ4n) is 1.99. The van der Waals surface area contributed by atoms with Crippen LogP contribution in [-0.4, -0.2) is 52.3 Å². The van der Waals surface area contributed by atoms with E-state index in [9.17, 15) is 18.0 Å². The van der Waals surface area contributed by atoms with Gasteiger partial charge in [-0.2, -0.15) is 13.2 Å². The fraction of sp³-hybridized carbons (Fsp3) is 0.812. The number of halogens is 3. The zero-order valence-electron chi connectivity index (χ0n) is 18.5. The molecule has 0 aromatic carbocycles. The SMILES string of the molecule is C=C(C)C(=O)OC(O[Si](C)(C)CCC(F)(F)F)[SiH](O[Si](C)(C)C)O[Si](C)(C)C. The molecule has 0 aliphatic heterocycles. The molecule has 0 amide bonds. The monoisotopic (exact) mass is 476 g/mol. The Bertz CT molecular complexity index is 526. The van der Waals surface area contributed by atoms with E-state index >= 15 is 0 Å². The normalized spacial score (nSPS) is 14.9. The highest BCUT2D eigenvalue weighted by atomic mass is 28.4. The molecule has 0 saturated heterocycles. The Morgan fingerprint density at radius 3 is 1.75 bits per heavy atom. The smallest absolute Gasteiger partial charge is 0.388 e. The molecule has 0 saturated carbocycles. The van der Waals surface area contributed by atoms with Crippen LogP contribution in [0.4, 0.5) is 13.2 Å². The average molecular weight is 477 g/mol. The number of rotatable bonds is 11. The largest absolute Gasteiger partial charge is 0.435 e. The van der Waals surface area contributed by atoms with Crippen molar-refractivity contribution >= 4 is 40.2 Å². The van der Waals surface area contributed by atoms with E-state index in [4.69, 9.17) is 17.4 Å². The summed E-state index contributed by atoms with van der Waals surface area (Å²) in [6.45, 7) is 20.3. The van der Waals surface area contributed by atoms with Gasteiger partial charge in [0.2, 0.25) is 5.91 Å². The molecule has 5 nitrogen and oxygen atoms in total. The standard InChI is InChI=1S/C16H35F3O5Si4/c1-13(2)14(20)21-15(22-28(9,10)12-11-16(17,18)19)25(23-26(3,4)5)24-27(6,7)8/h15,25H,1,11-12H2,2-10H3. The number of hydrogen-bond acceptors (Lipinski definition) is 5. The second-order valence-corrected chi connectivity index (χ2v) is 25.2. The van der Waals surface area contributed by atoms with Gasteiger partial charge in [0.25, 0.3) is 0 Å². The van der Waals surface area contributed by atoms with Gasteiger partial charge in [-0.25, -0.2) is 4.79 Å². The van der Waals surface area contributed by atoms with Crippen molar-refractivity contribution in [3.63, 3.8) is 0 Å². The van der Waals surface area contributed by atoms with Crippen LogP contribution in [0.1, 0.15) is 13.3 Å². The molecule has 1 unspecified atom stereocenters. The molecule has 12 heteroatoms. The van der Waals surface area contributed by atoms with Gasteiger partial charge in [0.1, 0.15) is 0 Å².